The van der Waals surface area contributed by atoms with Gasteiger partial charge in [-0.25, -0.2) is 8.42 Å². The predicted octanol–water partition coefficient (Wildman–Crippen LogP) is 5.21. The van der Waals surface area contributed by atoms with Gasteiger partial charge in [0.15, 0.2) is 11.5 Å². The maximum atomic E-state index is 13.1. The highest BCUT2D eigenvalue weighted by Crippen LogP contribution is 2.26. The number of benzene rings is 3. The van der Waals surface area contributed by atoms with E-state index in [1.165, 1.54) is 28.6 Å². The lowest BCUT2D eigenvalue weighted by molar-refractivity contribution is 0.101. The van der Waals surface area contributed by atoms with Gasteiger partial charge in [-0.2, -0.15) is 0 Å². The van der Waals surface area contributed by atoms with Crippen LogP contribution in [0.25, 0.3) is 11.3 Å². The molecule has 180 valence electrons. The molecule has 4 rings (SSSR count). The highest BCUT2D eigenvalue weighted by molar-refractivity contribution is 7.92. The molecule has 0 spiro atoms. The topological polar surface area (TPSA) is 102 Å². The standard InChI is InChI=1S/C26H25N3O5S/c1-3-29(21-8-6-5-7-9-21)35(31,32)23-16-12-20(13-17-23)27-26(30)24-18-25(34-28-24)19-10-14-22(15-11-19)33-4-2/h5-18H,3-4H2,1-2H3,(H,27,30). The van der Waals surface area contributed by atoms with Gasteiger partial charge in [0.1, 0.15) is 5.75 Å². The van der Waals surface area contributed by atoms with E-state index in [2.05, 4.69) is 10.5 Å². The number of carbonyl (C=O) groups excluding carboxylic acids is 1. The van der Waals surface area contributed by atoms with Gasteiger partial charge in [-0.3, -0.25) is 9.10 Å². The third-order valence-electron chi connectivity index (χ3n) is 5.22. The van der Waals surface area contributed by atoms with E-state index in [1.807, 2.05) is 37.3 Å². The van der Waals surface area contributed by atoms with Crippen molar-refractivity contribution in [3.8, 4) is 17.1 Å². The molecule has 1 aromatic heterocycles. The van der Waals surface area contributed by atoms with E-state index in [0.717, 1.165) is 11.3 Å². The number of amides is 1. The Morgan fingerprint density at radius 2 is 1.66 bits per heavy atom. The molecule has 0 unspecified atom stereocenters. The number of para-hydroxylation sites is 1. The number of hydrogen-bond acceptors (Lipinski definition) is 6. The minimum Gasteiger partial charge on any atom is -0.494 e. The monoisotopic (exact) mass is 491 g/mol. The summed E-state index contributed by atoms with van der Waals surface area (Å²) in [7, 11) is -3.75. The van der Waals surface area contributed by atoms with Crippen molar-refractivity contribution < 1.29 is 22.5 Å². The number of anilines is 2. The maximum absolute atomic E-state index is 13.1. The first-order valence-corrected chi connectivity index (χ1v) is 12.6. The third kappa shape index (κ3) is 5.36. The summed E-state index contributed by atoms with van der Waals surface area (Å²) >= 11 is 0. The average Bonchev–Trinajstić information content (AvgIpc) is 3.37. The van der Waals surface area contributed by atoms with E-state index < -0.39 is 15.9 Å². The first-order valence-electron chi connectivity index (χ1n) is 11.1. The molecule has 0 aliphatic heterocycles. The van der Waals surface area contributed by atoms with Gasteiger partial charge in [0.05, 0.1) is 17.2 Å². The van der Waals surface area contributed by atoms with Gasteiger partial charge in [-0.1, -0.05) is 23.4 Å². The minimum absolute atomic E-state index is 0.104. The number of ether oxygens (including phenoxy) is 1. The Balaban J connectivity index is 1.46. The summed E-state index contributed by atoms with van der Waals surface area (Å²) in [6.07, 6.45) is 0. The second kappa shape index (κ2) is 10.4. The minimum atomic E-state index is -3.75. The molecule has 1 heterocycles. The quantitative estimate of drug-likeness (QED) is 0.345. The molecule has 4 aromatic rings. The van der Waals surface area contributed by atoms with Crippen LogP contribution in [0.15, 0.2) is 94.3 Å². The van der Waals surface area contributed by atoms with Gasteiger partial charge in [0, 0.05) is 23.9 Å². The van der Waals surface area contributed by atoms with Crippen molar-refractivity contribution in [2.24, 2.45) is 0 Å². The Labute approximate surface area is 204 Å². The van der Waals surface area contributed by atoms with Crippen molar-refractivity contribution in [2.75, 3.05) is 22.8 Å². The SMILES string of the molecule is CCOc1ccc(-c2cc(C(=O)Nc3ccc(S(=O)(=O)N(CC)c4ccccc4)cc3)no2)cc1. The number of carbonyl (C=O) groups is 1. The molecule has 1 N–H and O–H groups in total. The molecule has 3 aromatic carbocycles. The van der Waals surface area contributed by atoms with Crippen molar-refractivity contribution in [3.05, 3.63) is 90.6 Å². The van der Waals surface area contributed by atoms with Crippen LogP contribution < -0.4 is 14.4 Å². The average molecular weight is 492 g/mol. The molecular formula is C26H25N3O5S. The van der Waals surface area contributed by atoms with Crippen molar-refractivity contribution in [3.63, 3.8) is 0 Å². The zero-order chi connectivity index (χ0) is 24.8. The summed E-state index contributed by atoms with van der Waals surface area (Å²) < 4.78 is 38.3. The van der Waals surface area contributed by atoms with Gasteiger partial charge in [0.25, 0.3) is 15.9 Å². The Morgan fingerprint density at radius 3 is 2.29 bits per heavy atom. The molecule has 35 heavy (non-hydrogen) atoms. The van der Waals surface area contributed by atoms with E-state index >= 15 is 0 Å². The van der Waals surface area contributed by atoms with Crippen LogP contribution in [0, 0.1) is 0 Å². The van der Waals surface area contributed by atoms with Crippen molar-refractivity contribution >= 4 is 27.3 Å². The Morgan fingerprint density at radius 1 is 0.971 bits per heavy atom. The van der Waals surface area contributed by atoms with Crippen molar-refractivity contribution in [2.45, 2.75) is 18.7 Å². The summed E-state index contributed by atoms with van der Waals surface area (Å²) in [5, 5.41) is 6.56. The van der Waals surface area contributed by atoms with Gasteiger partial charge < -0.3 is 14.6 Å². The van der Waals surface area contributed by atoms with Crippen LogP contribution in [0.4, 0.5) is 11.4 Å². The Kier molecular flexibility index (Phi) is 7.17. The number of aromatic nitrogens is 1. The van der Waals surface area contributed by atoms with Crippen LogP contribution in [0.3, 0.4) is 0 Å². The fourth-order valence-electron chi connectivity index (χ4n) is 3.52. The highest BCUT2D eigenvalue weighted by atomic mass is 32.2. The van der Waals surface area contributed by atoms with E-state index in [0.29, 0.717) is 23.7 Å². The van der Waals surface area contributed by atoms with Crippen LogP contribution >= 0.6 is 0 Å². The molecule has 0 aliphatic rings. The molecule has 0 radical (unpaired) electrons. The van der Waals surface area contributed by atoms with Gasteiger partial charge >= 0.3 is 0 Å². The number of sulfonamides is 1. The highest BCUT2D eigenvalue weighted by Gasteiger charge is 2.23. The Bertz CT molecular complexity index is 1380. The van der Waals surface area contributed by atoms with E-state index in [9.17, 15) is 13.2 Å². The largest absolute Gasteiger partial charge is 0.494 e. The van der Waals surface area contributed by atoms with Gasteiger partial charge in [-0.15, -0.1) is 0 Å². The smallest absolute Gasteiger partial charge is 0.277 e. The molecular weight excluding hydrogens is 466 g/mol. The number of nitrogens with zero attached hydrogens (tertiary/aromatic N) is 2. The van der Waals surface area contributed by atoms with Crippen molar-refractivity contribution in [1.29, 1.82) is 0 Å². The lowest BCUT2D eigenvalue weighted by Crippen LogP contribution is -2.30. The van der Waals surface area contributed by atoms with E-state index in [1.54, 1.807) is 37.3 Å². The molecule has 0 aliphatic carbocycles. The number of rotatable bonds is 9. The van der Waals surface area contributed by atoms with Gasteiger partial charge in [0.2, 0.25) is 0 Å². The van der Waals surface area contributed by atoms with E-state index in [-0.39, 0.29) is 17.1 Å². The number of hydrogen-bond donors (Lipinski definition) is 1. The summed E-state index contributed by atoms with van der Waals surface area (Å²) in [4.78, 5) is 12.8. The molecule has 0 saturated carbocycles. The number of nitrogens with one attached hydrogen (secondary N) is 1. The van der Waals surface area contributed by atoms with Crippen LogP contribution in [0.2, 0.25) is 0 Å². The molecule has 0 saturated heterocycles. The first kappa shape index (κ1) is 24.0. The van der Waals surface area contributed by atoms with Crippen molar-refractivity contribution in [1.82, 2.24) is 5.16 Å². The second-order valence-corrected chi connectivity index (χ2v) is 9.38. The molecule has 0 fully saturated rings. The molecule has 1 amide bonds. The Hall–Kier alpha value is -4.11. The molecule has 0 bridgehead atoms. The fraction of sp³-hybridized carbons (Fsp3) is 0.154. The maximum Gasteiger partial charge on any atom is 0.277 e. The lowest BCUT2D eigenvalue weighted by atomic mass is 10.1. The van der Waals surface area contributed by atoms with Crippen LogP contribution in [-0.4, -0.2) is 32.6 Å². The van der Waals surface area contributed by atoms with E-state index in [4.69, 9.17) is 9.26 Å². The second-order valence-electron chi connectivity index (χ2n) is 7.52. The molecule has 9 heteroatoms. The summed E-state index contributed by atoms with van der Waals surface area (Å²) in [6.45, 7) is 4.54. The van der Waals surface area contributed by atoms with Crippen LogP contribution in [-0.2, 0) is 10.0 Å². The van der Waals surface area contributed by atoms with Crippen LogP contribution in [0.1, 0.15) is 24.3 Å². The fourth-order valence-corrected chi connectivity index (χ4v) is 4.99. The van der Waals surface area contributed by atoms with Gasteiger partial charge in [-0.05, 0) is 74.5 Å². The van der Waals surface area contributed by atoms with Crippen LogP contribution in [0.5, 0.6) is 5.75 Å². The summed E-state index contributed by atoms with van der Waals surface area (Å²) in [5.41, 5.74) is 1.88. The zero-order valence-electron chi connectivity index (χ0n) is 19.3. The molecule has 0 atom stereocenters. The summed E-state index contributed by atoms with van der Waals surface area (Å²) in [5.74, 6) is 0.714. The first-order chi connectivity index (χ1) is 16.9. The third-order valence-corrected chi connectivity index (χ3v) is 7.14. The predicted molar refractivity (Wildman–Crippen MR) is 134 cm³/mol. The zero-order valence-corrected chi connectivity index (χ0v) is 20.2. The lowest BCUT2D eigenvalue weighted by Gasteiger charge is -2.23. The summed E-state index contributed by atoms with van der Waals surface area (Å²) in [6, 6.07) is 23.7. The normalized spacial score (nSPS) is 11.1. The molecule has 8 nitrogen and oxygen atoms in total.